The number of hydrogen-bond acceptors (Lipinski definition) is 2. The van der Waals surface area contributed by atoms with Crippen LogP contribution >= 0.6 is 24.0 Å². The molecule has 1 aliphatic rings. The first-order valence-electron chi connectivity index (χ1n) is 7.86. The molecule has 6 heteroatoms. The molecule has 0 saturated carbocycles. The number of aromatic nitrogens is 2. The molecule has 0 fully saturated rings. The summed E-state index contributed by atoms with van der Waals surface area (Å²) in [6.07, 6.45) is 7.18. The first-order chi connectivity index (χ1) is 10.1. The summed E-state index contributed by atoms with van der Waals surface area (Å²) in [5.41, 5.74) is 2.63. The highest BCUT2D eigenvalue weighted by atomic mass is 127. The molecule has 0 amide bonds. The van der Waals surface area contributed by atoms with E-state index in [9.17, 15) is 0 Å². The number of aliphatic imine (C=N–C) groups is 1. The second-order valence-electron chi connectivity index (χ2n) is 5.77. The van der Waals surface area contributed by atoms with Crippen molar-refractivity contribution in [2.45, 2.75) is 52.1 Å². The van der Waals surface area contributed by atoms with Gasteiger partial charge in [0.25, 0.3) is 0 Å². The van der Waals surface area contributed by atoms with E-state index in [1.54, 1.807) is 0 Å². The molecule has 2 N–H and O–H groups in total. The molecule has 0 aliphatic heterocycles. The first-order valence-corrected chi connectivity index (χ1v) is 7.86. The van der Waals surface area contributed by atoms with Gasteiger partial charge in [0.05, 0.1) is 12.2 Å². The Balaban J connectivity index is 0.00000242. The van der Waals surface area contributed by atoms with E-state index in [1.165, 1.54) is 11.3 Å². The maximum atomic E-state index is 4.72. The molecular weight excluding hydrogens is 389 g/mol. The molecule has 0 radical (unpaired) electrons. The minimum atomic E-state index is 0. The number of fused-ring (bicyclic) bond motifs is 1. The van der Waals surface area contributed by atoms with Gasteiger partial charge in [-0.1, -0.05) is 6.08 Å². The summed E-state index contributed by atoms with van der Waals surface area (Å²) in [6, 6.07) is 0.823. The number of guanidine groups is 1. The van der Waals surface area contributed by atoms with E-state index in [0.29, 0.717) is 18.6 Å². The molecule has 2 rings (SSSR count). The minimum absolute atomic E-state index is 0. The topological polar surface area (TPSA) is 54.2 Å². The van der Waals surface area contributed by atoms with Gasteiger partial charge >= 0.3 is 0 Å². The Morgan fingerprint density at radius 3 is 3.00 bits per heavy atom. The summed E-state index contributed by atoms with van der Waals surface area (Å²) < 4.78 is 2.07. The summed E-state index contributed by atoms with van der Waals surface area (Å²) >= 11 is 0. The SMILES string of the molecule is C=CCN=C(NCC)NC1CCc2cn(C(C)C)nc2C1.I. The van der Waals surface area contributed by atoms with Gasteiger partial charge < -0.3 is 10.6 Å². The van der Waals surface area contributed by atoms with E-state index in [2.05, 4.69) is 53.9 Å². The van der Waals surface area contributed by atoms with E-state index in [4.69, 9.17) is 5.10 Å². The molecule has 0 bridgehead atoms. The van der Waals surface area contributed by atoms with Gasteiger partial charge in [-0.05, 0) is 39.2 Å². The summed E-state index contributed by atoms with van der Waals surface area (Å²) in [5.74, 6) is 0.870. The highest BCUT2D eigenvalue weighted by Gasteiger charge is 2.22. The van der Waals surface area contributed by atoms with Crippen LogP contribution in [-0.2, 0) is 12.8 Å². The van der Waals surface area contributed by atoms with Crippen LogP contribution in [-0.4, -0.2) is 34.9 Å². The summed E-state index contributed by atoms with van der Waals surface area (Å²) in [5, 5.41) is 11.5. The van der Waals surface area contributed by atoms with Gasteiger partial charge in [0.2, 0.25) is 0 Å². The van der Waals surface area contributed by atoms with Crippen LogP contribution in [0.2, 0.25) is 0 Å². The average molecular weight is 417 g/mol. The Morgan fingerprint density at radius 2 is 2.36 bits per heavy atom. The van der Waals surface area contributed by atoms with Crippen molar-refractivity contribution in [3.8, 4) is 0 Å². The van der Waals surface area contributed by atoms with Gasteiger partial charge in [0.15, 0.2) is 5.96 Å². The van der Waals surface area contributed by atoms with Crippen molar-refractivity contribution in [2.75, 3.05) is 13.1 Å². The Morgan fingerprint density at radius 1 is 1.59 bits per heavy atom. The summed E-state index contributed by atoms with van der Waals surface area (Å²) in [7, 11) is 0. The molecule has 0 saturated heterocycles. The Hall–Kier alpha value is -1.05. The monoisotopic (exact) mass is 417 g/mol. The van der Waals surface area contributed by atoms with Gasteiger partial charge in [-0.2, -0.15) is 5.10 Å². The molecule has 5 nitrogen and oxygen atoms in total. The maximum absolute atomic E-state index is 4.72. The first kappa shape index (κ1) is 19.0. The van der Waals surface area contributed by atoms with E-state index in [-0.39, 0.29) is 24.0 Å². The number of nitrogens with zero attached hydrogens (tertiary/aromatic N) is 3. The van der Waals surface area contributed by atoms with Gasteiger partial charge in [-0.15, -0.1) is 30.6 Å². The second kappa shape index (κ2) is 9.17. The van der Waals surface area contributed by atoms with E-state index in [1.807, 2.05) is 6.08 Å². The van der Waals surface area contributed by atoms with Crippen molar-refractivity contribution in [3.63, 3.8) is 0 Å². The molecule has 1 heterocycles. The van der Waals surface area contributed by atoms with Gasteiger partial charge in [-0.3, -0.25) is 4.68 Å². The molecule has 0 spiro atoms. The molecule has 1 aromatic heterocycles. The van der Waals surface area contributed by atoms with Crippen molar-refractivity contribution >= 4 is 29.9 Å². The lowest BCUT2D eigenvalue weighted by Crippen LogP contribution is -2.45. The number of aryl methyl sites for hydroxylation is 1. The highest BCUT2D eigenvalue weighted by Crippen LogP contribution is 2.21. The molecule has 1 unspecified atom stereocenters. The number of hydrogen-bond donors (Lipinski definition) is 2. The van der Waals surface area contributed by atoms with E-state index >= 15 is 0 Å². The lowest BCUT2D eigenvalue weighted by atomic mass is 9.94. The predicted molar refractivity (Wildman–Crippen MR) is 103 cm³/mol. The second-order valence-corrected chi connectivity index (χ2v) is 5.77. The maximum Gasteiger partial charge on any atom is 0.191 e. The van der Waals surface area contributed by atoms with Crippen molar-refractivity contribution < 1.29 is 0 Å². The standard InChI is InChI=1S/C16H27N5.HI/c1-5-9-18-16(17-6-2)19-14-8-7-13-11-21(12(3)4)20-15(13)10-14;/h5,11-12,14H,1,6-10H2,2-4H3,(H2,17,18,19);1H. The molecule has 0 aromatic carbocycles. The smallest absolute Gasteiger partial charge is 0.191 e. The Labute approximate surface area is 150 Å². The van der Waals surface area contributed by atoms with Gasteiger partial charge in [0.1, 0.15) is 0 Å². The molecule has 1 aliphatic carbocycles. The predicted octanol–water partition coefficient (Wildman–Crippen LogP) is 2.68. The summed E-state index contributed by atoms with van der Waals surface area (Å²) in [4.78, 5) is 4.47. The average Bonchev–Trinajstić information content (AvgIpc) is 2.88. The molecule has 22 heavy (non-hydrogen) atoms. The number of nitrogens with one attached hydrogen (secondary N) is 2. The van der Waals surface area contributed by atoms with Crippen molar-refractivity contribution in [2.24, 2.45) is 4.99 Å². The lowest BCUT2D eigenvalue weighted by molar-refractivity contribution is 0.499. The third-order valence-electron chi connectivity index (χ3n) is 3.69. The number of rotatable bonds is 5. The normalized spacial score (nSPS) is 17.6. The fourth-order valence-corrected chi connectivity index (χ4v) is 2.57. The zero-order valence-electron chi connectivity index (χ0n) is 13.8. The van der Waals surface area contributed by atoms with Crippen LogP contribution in [0.3, 0.4) is 0 Å². The molecule has 124 valence electrons. The van der Waals surface area contributed by atoms with E-state index < -0.39 is 0 Å². The van der Waals surface area contributed by atoms with Crippen LogP contribution in [0.15, 0.2) is 23.8 Å². The summed E-state index contributed by atoms with van der Waals surface area (Å²) in [6.45, 7) is 11.6. The zero-order valence-corrected chi connectivity index (χ0v) is 16.1. The minimum Gasteiger partial charge on any atom is -0.357 e. The highest BCUT2D eigenvalue weighted by molar-refractivity contribution is 14.0. The Bertz CT molecular complexity index is 507. The Kier molecular flexibility index (Phi) is 7.92. The van der Waals surface area contributed by atoms with Crippen LogP contribution in [0.25, 0.3) is 0 Å². The lowest BCUT2D eigenvalue weighted by Gasteiger charge is -2.24. The van der Waals surface area contributed by atoms with Crippen LogP contribution in [0, 0.1) is 0 Å². The molecule has 1 atom stereocenters. The van der Waals surface area contributed by atoms with Crippen LogP contribution in [0.5, 0.6) is 0 Å². The molecule has 1 aromatic rings. The van der Waals surface area contributed by atoms with Crippen molar-refractivity contribution in [1.82, 2.24) is 20.4 Å². The number of halogens is 1. The quantitative estimate of drug-likeness (QED) is 0.335. The van der Waals surface area contributed by atoms with Crippen LogP contribution in [0.4, 0.5) is 0 Å². The molecular formula is C16H28IN5. The largest absolute Gasteiger partial charge is 0.357 e. The third kappa shape index (κ3) is 5.00. The van der Waals surface area contributed by atoms with Crippen molar-refractivity contribution in [1.29, 1.82) is 0 Å². The third-order valence-corrected chi connectivity index (χ3v) is 3.69. The van der Waals surface area contributed by atoms with Gasteiger partial charge in [0, 0.05) is 31.2 Å². The van der Waals surface area contributed by atoms with E-state index in [0.717, 1.165) is 31.8 Å². The fraction of sp³-hybridized carbons (Fsp3) is 0.625. The van der Waals surface area contributed by atoms with Crippen LogP contribution < -0.4 is 10.6 Å². The van der Waals surface area contributed by atoms with Crippen molar-refractivity contribution in [3.05, 3.63) is 30.1 Å². The van der Waals surface area contributed by atoms with Gasteiger partial charge in [-0.25, -0.2) is 4.99 Å². The zero-order chi connectivity index (χ0) is 15.2. The van der Waals surface area contributed by atoms with Crippen LogP contribution in [0.1, 0.15) is 44.5 Å². The fourth-order valence-electron chi connectivity index (χ4n) is 2.57.